The van der Waals surface area contributed by atoms with Gasteiger partial charge in [-0.3, -0.25) is 14.5 Å². The van der Waals surface area contributed by atoms with Crippen molar-refractivity contribution < 1.29 is 19.1 Å². The summed E-state index contributed by atoms with van der Waals surface area (Å²) in [6.07, 6.45) is 0. The standard InChI is InChI=1S/C23H26N4O4/c1-23(17-8-4-3-5-9-17)21(29)27(22(30)24-23)16-20(28)26-14-12-25(13-15-26)18-10-6-7-11-19(18)31-2/h3-11H,12-16H2,1-2H3,(H,24,30). The summed E-state index contributed by atoms with van der Waals surface area (Å²) < 4.78 is 5.43. The fraction of sp³-hybridized carbons (Fsp3) is 0.348. The van der Waals surface area contributed by atoms with Crippen LogP contribution in [0.3, 0.4) is 0 Å². The second kappa shape index (κ2) is 8.29. The van der Waals surface area contributed by atoms with E-state index in [4.69, 9.17) is 4.74 Å². The second-order valence-corrected chi connectivity index (χ2v) is 7.85. The first-order valence-electron chi connectivity index (χ1n) is 10.3. The lowest BCUT2D eigenvalue weighted by Gasteiger charge is -2.37. The molecule has 1 unspecified atom stereocenters. The van der Waals surface area contributed by atoms with E-state index in [1.807, 2.05) is 42.5 Å². The van der Waals surface area contributed by atoms with Crippen LogP contribution in [0.2, 0.25) is 0 Å². The third-order valence-electron chi connectivity index (χ3n) is 5.98. The van der Waals surface area contributed by atoms with Crippen LogP contribution in [-0.4, -0.2) is 67.5 Å². The monoisotopic (exact) mass is 422 g/mol. The number of nitrogens with zero attached hydrogens (tertiary/aromatic N) is 3. The maximum Gasteiger partial charge on any atom is 0.325 e. The molecule has 0 radical (unpaired) electrons. The summed E-state index contributed by atoms with van der Waals surface area (Å²) >= 11 is 0. The van der Waals surface area contributed by atoms with Gasteiger partial charge in [0.25, 0.3) is 5.91 Å². The molecule has 2 fully saturated rings. The number of para-hydroxylation sites is 2. The molecule has 0 spiro atoms. The number of ether oxygens (including phenoxy) is 1. The van der Waals surface area contributed by atoms with Crippen molar-refractivity contribution in [1.82, 2.24) is 15.1 Å². The van der Waals surface area contributed by atoms with E-state index in [1.54, 1.807) is 31.1 Å². The Balaban J connectivity index is 1.39. The summed E-state index contributed by atoms with van der Waals surface area (Å²) in [5, 5.41) is 2.74. The third-order valence-corrected chi connectivity index (χ3v) is 5.98. The van der Waals surface area contributed by atoms with E-state index in [0.29, 0.717) is 31.7 Å². The highest BCUT2D eigenvalue weighted by molar-refractivity contribution is 6.09. The first-order valence-corrected chi connectivity index (χ1v) is 10.3. The Hall–Kier alpha value is -3.55. The number of methoxy groups -OCH3 is 1. The molecule has 8 heteroatoms. The van der Waals surface area contributed by atoms with Gasteiger partial charge < -0.3 is 19.9 Å². The molecular weight excluding hydrogens is 396 g/mol. The van der Waals surface area contributed by atoms with Crippen LogP contribution in [0.4, 0.5) is 10.5 Å². The van der Waals surface area contributed by atoms with Gasteiger partial charge in [0.2, 0.25) is 5.91 Å². The van der Waals surface area contributed by atoms with Crippen molar-refractivity contribution in [1.29, 1.82) is 0 Å². The fourth-order valence-electron chi connectivity index (χ4n) is 4.13. The van der Waals surface area contributed by atoms with Crippen LogP contribution >= 0.6 is 0 Å². The van der Waals surface area contributed by atoms with Crippen LogP contribution in [-0.2, 0) is 15.1 Å². The smallest absolute Gasteiger partial charge is 0.325 e. The number of nitrogens with one attached hydrogen (secondary N) is 1. The van der Waals surface area contributed by atoms with Crippen molar-refractivity contribution in [3.05, 3.63) is 60.2 Å². The van der Waals surface area contributed by atoms with Crippen LogP contribution in [0, 0.1) is 0 Å². The highest BCUT2D eigenvalue weighted by Crippen LogP contribution is 2.30. The lowest BCUT2D eigenvalue weighted by molar-refractivity contribution is -0.139. The number of amides is 4. The van der Waals surface area contributed by atoms with Crippen LogP contribution in [0.25, 0.3) is 0 Å². The highest BCUT2D eigenvalue weighted by Gasteiger charge is 2.49. The van der Waals surface area contributed by atoms with Gasteiger partial charge >= 0.3 is 6.03 Å². The first kappa shape index (κ1) is 20.7. The van der Waals surface area contributed by atoms with Gasteiger partial charge in [0.05, 0.1) is 12.8 Å². The Kier molecular flexibility index (Phi) is 5.54. The minimum absolute atomic E-state index is 0.236. The molecule has 4 rings (SSSR count). The molecule has 0 aliphatic carbocycles. The summed E-state index contributed by atoms with van der Waals surface area (Å²) in [7, 11) is 1.64. The zero-order valence-electron chi connectivity index (χ0n) is 17.7. The van der Waals surface area contributed by atoms with E-state index in [2.05, 4.69) is 10.2 Å². The Morgan fingerprint density at radius 3 is 2.32 bits per heavy atom. The van der Waals surface area contributed by atoms with Crippen molar-refractivity contribution >= 4 is 23.5 Å². The molecule has 0 bridgehead atoms. The molecule has 8 nitrogen and oxygen atoms in total. The van der Waals surface area contributed by atoms with Crippen LogP contribution in [0.1, 0.15) is 12.5 Å². The van der Waals surface area contributed by atoms with Crippen molar-refractivity contribution in [3.63, 3.8) is 0 Å². The van der Waals surface area contributed by atoms with Crippen LogP contribution < -0.4 is 15.0 Å². The maximum absolute atomic E-state index is 13.0. The molecule has 0 saturated carbocycles. The fourth-order valence-corrected chi connectivity index (χ4v) is 4.13. The van der Waals surface area contributed by atoms with Gasteiger partial charge in [-0.05, 0) is 24.6 Å². The topological polar surface area (TPSA) is 82.2 Å². The molecule has 2 aromatic carbocycles. The number of carbonyl (C=O) groups excluding carboxylic acids is 3. The molecule has 2 heterocycles. The molecule has 2 aliphatic heterocycles. The van der Waals surface area contributed by atoms with Gasteiger partial charge in [-0.15, -0.1) is 0 Å². The second-order valence-electron chi connectivity index (χ2n) is 7.85. The molecule has 1 atom stereocenters. The van der Waals surface area contributed by atoms with Gasteiger partial charge in [-0.25, -0.2) is 4.79 Å². The minimum atomic E-state index is -1.17. The highest BCUT2D eigenvalue weighted by atomic mass is 16.5. The molecule has 0 aromatic heterocycles. The van der Waals surface area contributed by atoms with Crippen LogP contribution in [0.5, 0.6) is 5.75 Å². The molecular formula is C23H26N4O4. The lowest BCUT2D eigenvalue weighted by atomic mass is 9.92. The van der Waals surface area contributed by atoms with E-state index in [9.17, 15) is 14.4 Å². The molecule has 1 N–H and O–H groups in total. The summed E-state index contributed by atoms with van der Waals surface area (Å²) in [4.78, 5) is 43.3. The summed E-state index contributed by atoms with van der Waals surface area (Å²) in [6.45, 7) is 3.72. The zero-order valence-corrected chi connectivity index (χ0v) is 17.7. The Bertz CT molecular complexity index is 988. The van der Waals surface area contributed by atoms with Gasteiger partial charge in [0, 0.05) is 26.2 Å². The molecule has 2 saturated heterocycles. The predicted octanol–water partition coefficient (Wildman–Crippen LogP) is 1.81. The van der Waals surface area contributed by atoms with Gasteiger partial charge in [0.15, 0.2) is 0 Å². The number of carbonyl (C=O) groups is 3. The Morgan fingerprint density at radius 2 is 1.65 bits per heavy atom. The van der Waals surface area contributed by atoms with Crippen molar-refractivity contribution in [3.8, 4) is 5.75 Å². The number of hydrogen-bond acceptors (Lipinski definition) is 5. The van der Waals surface area contributed by atoms with E-state index >= 15 is 0 Å². The van der Waals surface area contributed by atoms with Gasteiger partial charge in [0.1, 0.15) is 17.8 Å². The third kappa shape index (κ3) is 3.81. The van der Waals surface area contributed by atoms with Crippen molar-refractivity contribution in [2.45, 2.75) is 12.5 Å². The molecule has 31 heavy (non-hydrogen) atoms. The number of hydrogen-bond donors (Lipinski definition) is 1. The van der Waals surface area contributed by atoms with Gasteiger partial charge in [-0.1, -0.05) is 42.5 Å². The number of imide groups is 1. The largest absolute Gasteiger partial charge is 0.495 e. The normalized spacial score (nSPS) is 21.3. The van der Waals surface area contributed by atoms with Crippen molar-refractivity contribution in [2.75, 3.05) is 44.7 Å². The number of urea groups is 1. The Labute approximate surface area is 181 Å². The molecule has 2 aliphatic rings. The van der Waals surface area contributed by atoms with Crippen LogP contribution in [0.15, 0.2) is 54.6 Å². The molecule has 162 valence electrons. The van der Waals surface area contributed by atoms with E-state index in [-0.39, 0.29) is 12.5 Å². The number of benzene rings is 2. The number of anilines is 1. The average Bonchev–Trinajstić information content (AvgIpc) is 3.03. The van der Waals surface area contributed by atoms with Crippen molar-refractivity contribution in [2.24, 2.45) is 0 Å². The Morgan fingerprint density at radius 1 is 1.00 bits per heavy atom. The summed E-state index contributed by atoms with van der Waals surface area (Å²) in [5.74, 6) is 0.145. The quantitative estimate of drug-likeness (QED) is 0.744. The predicted molar refractivity (Wildman–Crippen MR) is 116 cm³/mol. The summed E-state index contributed by atoms with van der Waals surface area (Å²) in [5.41, 5.74) is 0.514. The summed E-state index contributed by atoms with van der Waals surface area (Å²) in [6, 6.07) is 16.3. The first-order chi connectivity index (χ1) is 14.9. The van der Waals surface area contributed by atoms with Gasteiger partial charge in [-0.2, -0.15) is 0 Å². The number of piperazine rings is 1. The van der Waals surface area contributed by atoms with E-state index in [0.717, 1.165) is 16.3 Å². The maximum atomic E-state index is 13.0. The number of rotatable bonds is 5. The van der Waals surface area contributed by atoms with E-state index < -0.39 is 17.5 Å². The molecule has 4 amide bonds. The lowest BCUT2D eigenvalue weighted by Crippen LogP contribution is -2.52. The minimum Gasteiger partial charge on any atom is -0.495 e. The van der Waals surface area contributed by atoms with E-state index in [1.165, 1.54) is 0 Å². The average molecular weight is 422 g/mol. The SMILES string of the molecule is COc1ccccc1N1CCN(C(=O)CN2C(=O)NC(C)(c3ccccc3)C2=O)CC1. The molecule has 2 aromatic rings. The zero-order chi connectivity index (χ0) is 22.0.